The van der Waals surface area contributed by atoms with E-state index in [2.05, 4.69) is 15.9 Å². The lowest BCUT2D eigenvalue weighted by Gasteiger charge is -2.23. The largest absolute Gasteiger partial charge is 0.345 e. The van der Waals surface area contributed by atoms with Crippen molar-refractivity contribution in [3.05, 3.63) is 22.4 Å². The van der Waals surface area contributed by atoms with Crippen molar-refractivity contribution < 1.29 is 4.79 Å². The predicted octanol–water partition coefficient (Wildman–Crippen LogP) is 1.21. The Kier molecular flexibility index (Phi) is 3.93. The Balaban J connectivity index is 2.89. The van der Waals surface area contributed by atoms with Crippen LogP contribution in [0, 0.1) is 0 Å². The van der Waals surface area contributed by atoms with E-state index < -0.39 is 0 Å². The van der Waals surface area contributed by atoms with Gasteiger partial charge < -0.3 is 15.2 Å². The molecule has 1 unspecified atom stereocenters. The first kappa shape index (κ1) is 12.3. The summed E-state index contributed by atoms with van der Waals surface area (Å²) in [5, 5.41) is 0. The van der Waals surface area contributed by atoms with Crippen LogP contribution in [0.25, 0.3) is 0 Å². The Morgan fingerprint density at radius 2 is 2.33 bits per heavy atom. The molecule has 4 nitrogen and oxygen atoms in total. The molecule has 1 aromatic rings. The maximum absolute atomic E-state index is 12.0. The van der Waals surface area contributed by atoms with Gasteiger partial charge in [-0.15, -0.1) is 0 Å². The van der Waals surface area contributed by atoms with E-state index in [1.165, 1.54) is 0 Å². The highest BCUT2D eigenvalue weighted by Gasteiger charge is 2.19. The van der Waals surface area contributed by atoms with Gasteiger partial charge in [-0.2, -0.15) is 0 Å². The fourth-order valence-corrected chi connectivity index (χ4v) is 1.80. The van der Waals surface area contributed by atoms with Crippen LogP contribution in [0.4, 0.5) is 0 Å². The minimum Gasteiger partial charge on any atom is -0.345 e. The molecular weight excluding hydrogens is 258 g/mol. The third-order valence-electron chi connectivity index (χ3n) is 2.51. The van der Waals surface area contributed by atoms with Gasteiger partial charge in [-0.3, -0.25) is 4.79 Å². The van der Waals surface area contributed by atoms with Gasteiger partial charge in [0.25, 0.3) is 5.91 Å². The zero-order valence-electron chi connectivity index (χ0n) is 9.20. The SMILES string of the molecule is CC(CN)N(C)C(=O)c1cc(Br)cn1C. The predicted molar refractivity (Wildman–Crippen MR) is 63.7 cm³/mol. The average Bonchev–Trinajstić information content (AvgIpc) is 2.54. The molecule has 1 amide bonds. The zero-order chi connectivity index (χ0) is 11.6. The number of nitrogens with zero attached hydrogens (tertiary/aromatic N) is 2. The molecular formula is C10H16BrN3O. The Labute approximate surface area is 98.2 Å². The highest BCUT2D eigenvalue weighted by Crippen LogP contribution is 2.15. The fraction of sp³-hybridized carbons (Fsp3) is 0.500. The average molecular weight is 274 g/mol. The third kappa shape index (κ3) is 2.60. The number of hydrogen-bond acceptors (Lipinski definition) is 2. The quantitative estimate of drug-likeness (QED) is 0.900. The summed E-state index contributed by atoms with van der Waals surface area (Å²) in [5.74, 6) is -0.0128. The van der Waals surface area contributed by atoms with Crippen molar-refractivity contribution in [1.29, 1.82) is 0 Å². The minimum absolute atomic E-state index is 0.0128. The number of halogens is 1. The number of likely N-dealkylation sites (N-methyl/N-ethyl adjacent to an activating group) is 1. The van der Waals surface area contributed by atoms with Gasteiger partial charge in [0.05, 0.1) is 0 Å². The van der Waals surface area contributed by atoms with E-state index in [4.69, 9.17) is 5.73 Å². The first-order valence-corrected chi connectivity index (χ1v) is 5.55. The van der Waals surface area contributed by atoms with Gasteiger partial charge >= 0.3 is 0 Å². The summed E-state index contributed by atoms with van der Waals surface area (Å²) in [6.45, 7) is 2.39. The fourth-order valence-electron chi connectivity index (χ4n) is 1.28. The van der Waals surface area contributed by atoms with Crippen LogP contribution >= 0.6 is 15.9 Å². The molecule has 1 aromatic heterocycles. The molecule has 0 bridgehead atoms. The van der Waals surface area contributed by atoms with E-state index in [1.54, 1.807) is 16.5 Å². The van der Waals surface area contributed by atoms with E-state index in [0.717, 1.165) is 4.47 Å². The summed E-state index contributed by atoms with van der Waals surface area (Å²) in [7, 11) is 3.61. The van der Waals surface area contributed by atoms with Crippen molar-refractivity contribution in [2.45, 2.75) is 13.0 Å². The Morgan fingerprint density at radius 3 is 2.73 bits per heavy atom. The van der Waals surface area contributed by atoms with E-state index in [0.29, 0.717) is 12.2 Å². The molecule has 1 heterocycles. The lowest BCUT2D eigenvalue weighted by molar-refractivity contribution is 0.0739. The maximum Gasteiger partial charge on any atom is 0.270 e. The first-order chi connectivity index (χ1) is 6.97. The van der Waals surface area contributed by atoms with E-state index in [1.807, 2.05) is 26.2 Å². The molecule has 0 spiro atoms. The van der Waals surface area contributed by atoms with Crippen LogP contribution in [-0.4, -0.2) is 35.0 Å². The number of aromatic nitrogens is 1. The van der Waals surface area contributed by atoms with Crippen LogP contribution in [0.15, 0.2) is 16.7 Å². The Bertz CT molecular complexity index is 362. The van der Waals surface area contributed by atoms with Crippen molar-refractivity contribution in [2.75, 3.05) is 13.6 Å². The second-order valence-corrected chi connectivity index (χ2v) is 4.57. The highest BCUT2D eigenvalue weighted by molar-refractivity contribution is 9.10. The summed E-state index contributed by atoms with van der Waals surface area (Å²) in [6, 6.07) is 1.85. The van der Waals surface area contributed by atoms with Gasteiger partial charge in [0.2, 0.25) is 0 Å². The number of aryl methyl sites for hydroxylation is 1. The number of rotatable bonds is 3. The molecule has 0 saturated carbocycles. The molecule has 15 heavy (non-hydrogen) atoms. The molecule has 0 radical (unpaired) electrons. The molecule has 0 aliphatic heterocycles. The number of carbonyl (C=O) groups is 1. The molecule has 84 valence electrons. The van der Waals surface area contributed by atoms with Crippen LogP contribution in [0.1, 0.15) is 17.4 Å². The summed E-state index contributed by atoms with van der Waals surface area (Å²) in [5.41, 5.74) is 6.18. The lowest BCUT2D eigenvalue weighted by atomic mass is 10.2. The van der Waals surface area contributed by atoms with E-state index in [-0.39, 0.29) is 11.9 Å². The molecule has 5 heteroatoms. The van der Waals surface area contributed by atoms with Gasteiger partial charge in [0.15, 0.2) is 0 Å². The molecule has 0 aromatic carbocycles. The minimum atomic E-state index is -0.0128. The molecule has 1 atom stereocenters. The van der Waals surface area contributed by atoms with Crippen LogP contribution in [-0.2, 0) is 7.05 Å². The molecule has 0 aliphatic carbocycles. The van der Waals surface area contributed by atoms with E-state index in [9.17, 15) is 4.79 Å². The Hall–Kier alpha value is -0.810. The zero-order valence-corrected chi connectivity index (χ0v) is 10.8. The normalized spacial score (nSPS) is 12.6. The van der Waals surface area contributed by atoms with Crippen LogP contribution < -0.4 is 5.73 Å². The molecule has 0 aliphatic rings. The summed E-state index contributed by atoms with van der Waals surface area (Å²) < 4.78 is 2.70. The monoisotopic (exact) mass is 273 g/mol. The van der Waals surface area contributed by atoms with Gasteiger partial charge in [0, 0.05) is 37.4 Å². The number of amides is 1. The summed E-state index contributed by atoms with van der Waals surface area (Å²) in [4.78, 5) is 13.7. The van der Waals surface area contributed by atoms with Gasteiger partial charge in [-0.05, 0) is 28.9 Å². The first-order valence-electron chi connectivity index (χ1n) is 4.76. The molecule has 2 N–H and O–H groups in total. The number of carbonyl (C=O) groups excluding carboxylic acids is 1. The van der Waals surface area contributed by atoms with Crippen molar-refractivity contribution in [1.82, 2.24) is 9.47 Å². The third-order valence-corrected chi connectivity index (χ3v) is 2.95. The van der Waals surface area contributed by atoms with E-state index >= 15 is 0 Å². The topological polar surface area (TPSA) is 51.3 Å². The van der Waals surface area contributed by atoms with Gasteiger partial charge in [-0.1, -0.05) is 0 Å². The van der Waals surface area contributed by atoms with Crippen molar-refractivity contribution in [3.63, 3.8) is 0 Å². The summed E-state index contributed by atoms with van der Waals surface area (Å²) in [6.07, 6.45) is 1.86. The molecule has 0 saturated heterocycles. The van der Waals surface area contributed by atoms with Crippen LogP contribution in [0.5, 0.6) is 0 Å². The molecule has 1 rings (SSSR count). The number of hydrogen-bond donors (Lipinski definition) is 1. The van der Waals surface area contributed by atoms with Crippen molar-refractivity contribution >= 4 is 21.8 Å². The summed E-state index contributed by atoms with van der Waals surface area (Å²) >= 11 is 3.34. The number of nitrogens with two attached hydrogens (primary N) is 1. The second kappa shape index (κ2) is 4.81. The van der Waals surface area contributed by atoms with Gasteiger partial charge in [-0.25, -0.2) is 0 Å². The lowest BCUT2D eigenvalue weighted by Crippen LogP contribution is -2.40. The Morgan fingerprint density at radius 1 is 1.73 bits per heavy atom. The smallest absolute Gasteiger partial charge is 0.270 e. The second-order valence-electron chi connectivity index (χ2n) is 3.66. The van der Waals surface area contributed by atoms with Crippen molar-refractivity contribution in [3.8, 4) is 0 Å². The van der Waals surface area contributed by atoms with Crippen molar-refractivity contribution in [2.24, 2.45) is 12.8 Å². The highest BCUT2D eigenvalue weighted by atomic mass is 79.9. The van der Waals surface area contributed by atoms with Crippen LogP contribution in [0.3, 0.4) is 0 Å². The molecule has 0 fully saturated rings. The maximum atomic E-state index is 12.0. The van der Waals surface area contributed by atoms with Gasteiger partial charge in [0.1, 0.15) is 5.69 Å². The van der Waals surface area contributed by atoms with Crippen LogP contribution in [0.2, 0.25) is 0 Å². The standard InChI is InChI=1S/C10H16BrN3O/c1-7(5-12)14(3)10(15)9-4-8(11)6-13(9)2/h4,6-7H,5,12H2,1-3H3.